The first-order valence-electron chi connectivity index (χ1n) is 8.87. The molecule has 5 nitrogen and oxygen atoms in total. The van der Waals surface area contributed by atoms with Crippen LogP contribution >= 0.6 is 0 Å². The molecule has 0 radical (unpaired) electrons. The number of nitrogens with zero attached hydrogens (tertiary/aromatic N) is 2. The smallest absolute Gasteiger partial charge is 0.246 e. The Kier molecular flexibility index (Phi) is 6.09. The van der Waals surface area contributed by atoms with Gasteiger partial charge in [-0.3, -0.25) is 4.79 Å². The van der Waals surface area contributed by atoms with Crippen LogP contribution in [0.1, 0.15) is 11.1 Å². The molecule has 0 aliphatic carbocycles. The highest BCUT2D eigenvalue weighted by atomic mass is 32.2. The van der Waals surface area contributed by atoms with Gasteiger partial charge in [0, 0.05) is 32.3 Å². The van der Waals surface area contributed by atoms with Gasteiger partial charge in [0.15, 0.2) is 17.5 Å². The summed E-state index contributed by atoms with van der Waals surface area (Å²) < 4.78 is 66.5. The fourth-order valence-electron chi connectivity index (χ4n) is 3.04. The summed E-state index contributed by atoms with van der Waals surface area (Å²) in [4.78, 5) is 12.9. The van der Waals surface area contributed by atoms with Crippen molar-refractivity contribution in [1.29, 1.82) is 0 Å². The molecule has 1 amide bonds. The van der Waals surface area contributed by atoms with E-state index in [9.17, 15) is 26.4 Å². The number of hydrogen-bond acceptors (Lipinski definition) is 3. The number of aryl methyl sites for hydroxylation is 1. The van der Waals surface area contributed by atoms with Crippen LogP contribution < -0.4 is 0 Å². The zero-order chi connectivity index (χ0) is 21.2. The maximum atomic E-state index is 13.9. The Labute approximate surface area is 167 Å². The molecule has 1 aliphatic heterocycles. The summed E-state index contributed by atoms with van der Waals surface area (Å²) in [7, 11) is -4.35. The summed E-state index contributed by atoms with van der Waals surface area (Å²) in [6.45, 7) is 1.98. The summed E-state index contributed by atoms with van der Waals surface area (Å²) in [5.41, 5.74) is 1.93. The molecule has 9 heteroatoms. The number of carbonyl (C=O) groups excluding carboxylic acids is 1. The first kappa shape index (κ1) is 21.1. The highest BCUT2D eigenvalue weighted by Gasteiger charge is 2.33. The standard InChI is InChI=1S/C20H19F3N2O3S/c1-14-3-2-4-15(13-14)5-8-18(26)24-9-11-25(12-10-24)29(27,28)17-7-6-16(21)19(22)20(17)23/h2-8,13H,9-12H2,1H3. The number of hydrogen-bond donors (Lipinski definition) is 0. The predicted molar refractivity (Wildman–Crippen MR) is 102 cm³/mol. The lowest BCUT2D eigenvalue weighted by Gasteiger charge is -2.33. The number of rotatable bonds is 4. The van der Waals surface area contributed by atoms with Crippen molar-refractivity contribution in [2.24, 2.45) is 0 Å². The molecule has 0 spiro atoms. The molecule has 0 saturated carbocycles. The lowest BCUT2D eigenvalue weighted by molar-refractivity contribution is -0.127. The van der Waals surface area contributed by atoms with E-state index in [-0.39, 0.29) is 32.1 Å². The minimum absolute atomic E-state index is 0.0786. The third-order valence-electron chi connectivity index (χ3n) is 4.63. The maximum absolute atomic E-state index is 13.9. The van der Waals surface area contributed by atoms with Crippen LogP contribution in [0.3, 0.4) is 0 Å². The third kappa shape index (κ3) is 4.51. The topological polar surface area (TPSA) is 57.7 Å². The van der Waals surface area contributed by atoms with Gasteiger partial charge in [-0.25, -0.2) is 21.6 Å². The number of amides is 1. The molecular weight excluding hydrogens is 405 g/mol. The zero-order valence-electron chi connectivity index (χ0n) is 15.6. The lowest BCUT2D eigenvalue weighted by atomic mass is 10.1. The first-order valence-corrected chi connectivity index (χ1v) is 10.3. The summed E-state index contributed by atoms with van der Waals surface area (Å²) in [6, 6.07) is 8.86. The summed E-state index contributed by atoms with van der Waals surface area (Å²) in [5, 5.41) is 0. The molecule has 154 valence electrons. The van der Waals surface area contributed by atoms with Gasteiger partial charge < -0.3 is 4.90 Å². The first-order chi connectivity index (χ1) is 13.7. The van der Waals surface area contributed by atoms with Crippen molar-refractivity contribution < 1.29 is 26.4 Å². The van der Waals surface area contributed by atoms with Crippen molar-refractivity contribution >= 4 is 22.0 Å². The molecule has 0 atom stereocenters. The lowest BCUT2D eigenvalue weighted by Crippen LogP contribution is -2.50. The van der Waals surface area contributed by atoms with Crippen molar-refractivity contribution in [1.82, 2.24) is 9.21 Å². The van der Waals surface area contributed by atoms with Crippen LogP contribution in [0.2, 0.25) is 0 Å². The number of sulfonamides is 1. The van der Waals surface area contributed by atoms with Crippen LogP contribution in [0, 0.1) is 24.4 Å². The Morgan fingerprint density at radius 1 is 1.00 bits per heavy atom. The summed E-state index contributed by atoms with van der Waals surface area (Å²) in [5.74, 6) is -5.31. The van der Waals surface area contributed by atoms with Crippen LogP contribution in [0.25, 0.3) is 6.08 Å². The number of piperazine rings is 1. The van der Waals surface area contributed by atoms with E-state index in [1.54, 1.807) is 6.08 Å². The molecule has 1 fully saturated rings. The normalized spacial score (nSPS) is 15.8. The van der Waals surface area contributed by atoms with Gasteiger partial charge in [0.1, 0.15) is 4.90 Å². The van der Waals surface area contributed by atoms with Gasteiger partial charge in [-0.15, -0.1) is 0 Å². The fraction of sp³-hybridized carbons (Fsp3) is 0.250. The Balaban J connectivity index is 1.67. The monoisotopic (exact) mass is 424 g/mol. The second-order valence-electron chi connectivity index (χ2n) is 6.65. The van der Waals surface area contributed by atoms with Gasteiger partial charge in [0.05, 0.1) is 0 Å². The van der Waals surface area contributed by atoms with Gasteiger partial charge in [-0.05, 0) is 30.7 Å². The van der Waals surface area contributed by atoms with Crippen LogP contribution in [-0.2, 0) is 14.8 Å². The van der Waals surface area contributed by atoms with E-state index in [4.69, 9.17) is 0 Å². The minimum Gasteiger partial charge on any atom is -0.337 e. The molecule has 0 aromatic heterocycles. The van der Waals surface area contributed by atoms with Gasteiger partial charge >= 0.3 is 0 Å². The SMILES string of the molecule is Cc1cccc(C=CC(=O)N2CCN(S(=O)(=O)c3ccc(F)c(F)c3F)CC2)c1. The molecule has 29 heavy (non-hydrogen) atoms. The second kappa shape index (κ2) is 8.38. The van der Waals surface area contributed by atoms with Crippen molar-refractivity contribution in [2.45, 2.75) is 11.8 Å². The number of benzene rings is 2. The molecule has 3 rings (SSSR count). The van der Waals surface area contributed by atoms with E-state index in [1.807, 2.05) is 31.2 Å². The molecule has 0 unspecified atom stereocenters. The summed E-state index contributed by atoms with van der Waals surface area (Å²) in [6.07, 6.45) is 3.09. The van der Waals surface area contributed by atoms with Gasteiger partial charge in [-0.1, -0.05) is 29.8 Å². The highest BCUT2D eigenvalue weighted by molar-refractivity contribution is 7.89. The molecule has 1 saturated heterocycles. The van der Waals surface area contributed by atoms with E-state index in [0.717, 1.165) is 15.4 Å². The molecule has 1 aliphatic rings. The molecule has 2 aromatic rings. The number of carbonyl (C=O) groups is 1. The number of halogens is 3. The van der Waals surface area contributed by atoms with Crippen molar-refractivity contribution in [2.75, 3.05) is 26.2 Å². The average molecular weight is 424 g/mol. The Morgan fingerprint density at radius 2 is 1.69 bits per heavy atom. The predicted octanol–water partition coefficient (Wildman–Crippen LogP) is 2.96. The van der Waals surface area contributed by atoms with Crippen molar-refractivity contribution in [3.05, 3.63) is 71.1 Å². The van der Waals surface area contributed by atoms with Crippen molar-refractivity contribution in [3.63, 3.8) is 0 Å². The quantitative estimate of drug-likeness (QED) is 0.560. The second-order valence-corrected chi connectivity index (χ2v) is 8.56. The van der Waals surface area contributed by atoms with Gasteiger partial charge in [0.25, 0.3) is 0 Å². The van der Waals surface area contributed by atoms with Crippen molar-refractivity contribution in [3.8, 4) is 0 Å². The molecule has 0 bridgehead atoms. The zero-order valence-corrected chi connectivity index (χ0v) is 16.4. The van der Waals surface area contributed by atoms with Gasteiger partial charge in [-0.2, -0.15) is 4.31 Å². The molecular formula is C20H19F3N2O3S. The van der Waals surface area contributed by atoms with Crippen LogP contribution in [0.15, 0.2) is 47.4 Å². The Bertz CT molecular complexity index is 1060. The van der Waals surface area contributed by atoms with E-state index in [1.165, 1.54) is 11.0 Å². The van der Waals surface area contributed by atoms with Crippen LogP contribution in [-0.4, -0.2) is 49.7 Å². The maximum Gasteiger partial charge on any atom is 0.246 e. The third-order valence-corrected chi connectivity index (χ3v) is 6.54. The molecule has 2 aromatic carbocycles. The highest BCUT2D eigenvalue weighted by Crippen LogP contribution is 2.24. The molecule has 0 N–H and O–H groups in total. The summed E-state index contributed by atoms with van der Waals surface area (Å²) >= 11 is 0. The van der Waals surface area contributed by atoms with E-state index < -0.39 is 32.4 Å². The minimum atomic E-state index is -4.35. The Morgan fingerprint density at radius 3 is 2.34 bits per heavy atom. The van der Waals surface area contributed by atoms with Crippen LogP contribution in [0.4, 0.5) is 13.2 Å². The van der Waals surface area contributed by atoms with Crippen LogP contribution in [0.5, 0.6) is 0 Å². The van der Waals surface area contributed by atoms with Gasteiger partial charge in [0.2, 0.25) is 15.9 Å². The largest absolute Gasteiger partial charge is 0.337 e. The molecule has 1 heterocycles. The Hall–Kier alpha value is -2.65. The average Bonchev–Trinajstić information content (AvgIpc) is 2.70. The van der Waals surface area contributed by atoms with E-state index in [2.05, 4.69) is 0 Å². The van der Waals surface area contributed by atoms with E-state index in [0.29, 0.717) is 12.1 Å². The van der Waals surface area contributed by atoms with E-state index >= 15 is 0 Å². The fourth-order valence-corrected chi connectivity index (χ4v) is 4.52.